The van der Waals surface area contributed by atoms with Crippen LogP contribution in [0.3, 0.4) is 0 Å². The van der Waals surface area contributed by atoms with E-state index >= 15 is 0 Å². The first-order valence-electron chi connectivity index (χ1n) is 49.6. The molecule has 0 N–H and O–H groups in total. The van der Waals surface area contributed by atoms with Crippen molar-refractivity contribution in [3.05, 3.63) is 546 Å². The minimum absolute atomic E-state index is 1.11. The van der Waals surface area contributed by atoms with Gasteiger partial charge in [0.25, 0.3) is 0 Å². The second-order valence-electron chi connectivity index (χ2n) is 37.6. The standard InChI is InChI=1S/3C46H30N2/c1-3-13-31(14-4-1)33-16-9-19-35(29-33)47(34-17-5-2-6-18-34)36-20-11-21-37(30-36)48-42-26-12-25-41-39-23-8-7-22-38(39)40-24-10-15-32-27-28-43(48)46(44(32)40)45(41)42;1-3-12-31(13-4-1)32-24-27-35(28-25-32)47(34-15-5-2-6-16-34)36-17-10-18-37(30-36)48-42-23-11-22-41-39-20-8-7-19-38(39)40-21-9-14-33-26-29-43(48)46(44(33)40)45(41)42;1-3-11-31(12-4-1)32-21-24-35(25-22-32)47(34-14-5-2-6-15-34)36-26-28-37(29-27-36)48-42-20-10-19-41-39-17-8-7-16-38(39)40-18-9-13-33-23-30-43(48)46(44(33)40)45(41)42/h3*1-30H. The van der Waals surface area contributed by atoms with Crippen LogP contribution in [0.2, 0.25) is 0 Å². The van der Waals surface area contributed by atoms with E-state index in [1.807, 2.05) is 0 Å². The molecule has 30 rings (SSSR count). The van der Waals surface area contributed by atoms with Gasteiger partial charge in [0, 0.05) is 101 Å². The van der Waals surface area contributed by atoms with Crippen molar-refractivity contribution in [2.45, 2.75) is 0 Å². The van der Waals surface area contributed by atoms with Crippen LogP contribution in [0.4, 0.5) is 51.2 Å². The van der Waals surface area contributed by atoms with Crippen LogP contribution in [-0.2, 0) is 0 Å². The third kappa shape index (κ3) is 13.7. The number of anilines is 9. The summed E-state index contributed by atoms with van der Waals surface area (Å²) in [6, 6.07) is 198. The fourth-order valence-corrected chi connectivity index (χ4v) is 23.5. The molecule has 0 bridgehead atoms. The molecule has 0 saturated carbocycles. The smallest absolute Gasteiger partial charge is 0.0548 e. The Morgan fingerprint density at radius 2 is 0.326 bits per heavy atom. The number of benzene rings is 24. The van der Waals surface area contributed by atoms with Gasteiger partial charge in [-0.05, 0) is 302 Å². The van der Waals surface area contributed by atoms with Crippen LogP contribution in [0.15, 0.2) is 546 Å². The number of hydrogen-bond donors (Lipinski definition) is 0. The summed E-state index contributed by atoms with van der Waals surface area (Å²) in [5.41, 5.74) is 43.6. The number of nitrogens with zero attached hydrogens (tertiary/aromatic N) is 6. The fraction of sp³-hybridized carbons (Fsp3) is 0. The number of fused-ring (bicyclic) bond motifs is 9. The molecule has 3 heterocycles. The summed E-state index contributed by atoms with van der Waals surface area (Å²) < 4.78 is 7.37. The lowest BCUT2D eigenvalue weighted by Gasteiger charge is -2.26. The van der Waals surface area contributed by atoms with Gasteiger partial charge in [-0.1, -0.05) is 376 Å². The van der Waals surface area contributed by atoms with Crippen molar-refractivity contribution in [3.8, 4) is 117 Å². The molecule has 144 heavy (non-hydrogen) atoms. The zero-order valence-electron chi connectivity index (χ0n) is 78.6. The van der Waals surface area contributed by atoms with E-state index in [-0.39, 0.29) is 0 Å². The maximum Gasteiger partial charge on any atom is 0.0548 e. The summed E-state index contributed by atoms with van der Waals surface area (Å²) in [6.45, 7) is 0. The van der Waals surface area contributed by atoms with Gasteiger partial charge in [-0.2, -0.15) is 0 Å². The van der Waals surface area contributed by atoms with Crippen molar-refractivity contribution in [2.75, 3.05) is 14.7 Å². The van der Waals surface area contributed by atoms with Crippen LogP contribution in [0.25, 0.3) is 215 Å². The summed E-state index contributed by atoms with van der Waals surface area (Å²) >= 11 is 0. The highest BCUT2D eigenvalue weighted by atomic mass is 15.2. The molecular formula is C138H90N6. The van der Waals surface area contributed by atoms with Gasteiger partial charge in [-0.15, -0.1) is 0 Å². The van der Waals surface area contributed by atoms with E-state index in [9.17, 15) is 0 Å². The number of para-hydroxylation sites is 3. The van der Waals surface area contributed by atoms with Crippen molar-refractivity contribution < 1.29 is 0 Å². The van der Waals surface area contributed by atoms with Gasteiger partial charge in [0.15, 0.2) is 0 Å². The van der Waals surface area contributed by atoms with Crippen molar-refractivity contribution >= 4 is 149 Å². The van der Waals surface area contributed by atoms with Crippen molar-refractivity contribution in [1.82, 2.24) is 13.7 Å². The highest BCUT2D eigenvalue weighted by Gasteiger charge is 2.31. The quantitative estimate of drug-likeness (QED) is 0.102. The first-order chi connectivity index (χ1) is 71.5. The monoisotopic (exact) mass is 1830 g/mol. The fourth-order valence-electron chi connectivity index (χ4n) is 23.5. The molecule has 0 saturated heterocycles. The van der Waals surface area contributed by atoms with Gasteiger partial charge >= 0.3 is 0 Å². The Hall–Kier alpha value is -19.1. The molecule has 0 unspecified atom stereocenters. The van der Waals surface area contributed by atoms with E-state index in [1.165, 1.54) is 198 Å². The zero-order chi connectivity index (χ0) is 94.8. The third-order valence-electron chi connectivity index (χ3n) is 29.7. The van der Waals surface area contributed by atoms with Gasteiger partial charge in [-0.3, -0.25) is 0 Å². The average molecular weight is 1830 g/mol. The first-order valence-corrected chi connectivity index (χ1v) is 49.6. The maximum atomic E-state index is 2.46. The SMILES string of the molecule is c1ccc(-c2ccc(N(c3ccccc3)c3ccc(-n4c5cccc6c5c5c7c(cccc7ccc54)-c4ccccc4-6)cc3)cc2)cc1.c1ccc(-c2ccc(N(c3ccccc3)c3cccc(-n4c5cccc6c5c5c7c(cccc7ccc54)-c4ccccc4-6)c3)cc2)cc1.c1ccc(-c2cccc(N(c3ccccc3)c3cccc(-n4c5cccc6c5c5c7c(cccc7ccc54)-c4ccccc4-6)c3)c2)cc1. The molecule has 0 atom stereocenters. The van der Waals surface area contributed by atoms with E-state index in [2.05, 4.69) is 574 Å². The van der Waals surface area contributed by atoms with Crippen molar-refractivity contribution in [3.63, 3.8) is 0 Å². The highest BCUT2D eigenvalue weighted by Crippen LogP contribution is 2.56. The topological polar surface area (TPSA) is 24.5 Å². The highest BCUT2D eigenvalue weighted by molar-refractivity contribution is 6.34. The summed E-state index contributed by atoms with van der Waals surface area (Å²) in [4.78, 5) is 7.05. The van der Waals surface area contributed by atoms with Gasteiger partial charge in [-0.25, -0.2) is 0 Å². The summed E-state index contributed by atoms with van der Waals surface area (Å²) in [6.07, 6.45) is 0. The molecule has 6 nitrogen and oxygen atoms in total. The van der Waals surface area contributed by atoms with Gasteiger partial charge in [0.2, 0.25) is 0 Å². The number of hydrogen-bond acceptors (Lipinski definition) is 3. The Morgan fingerprint density at radius 3 is 0.667 bits per heavy atom. The minimum Gasteiger partial charge on any atom is -0.311 e. The largest absolute Gasteiger partial charge is 0.311 e. The second kappa shape index (κ2) is 34.5. The van der Waals surface area contributed by atoms with Crippen LogP contribution in [-0.4, -0.2) is 13.7 Å². The minimum atomic E-state index is 1.11. The summed E-state index contributed by atoms with van der Waals surface area (Å²) in [7, 11) is 0. The lowest BCUT2D eigenvalue weighted by atomic mass is 9.93. The van der Waals surface area contributed by atoms with Crippen LogP contribution < -0.4 is 14.7 Å². The van der Waals surface area contributed by atoms with Gasteiger partial charge in [0.1, 0.15) is 0 Å². The van der Waals surface area contributed by atoms with Crippen LogP contribution in [0.5, 0.6) is 0 Å². The van der Waals surface area contributed by atoms with E-state index in [4.69, 9.17) is 0 Å². The van der Waals surface area contributed by atoms with Gasteiger partial charge in [0.05, 0.1) is 33.1 Å². The average Bonchev–Trinajstić information content (AvgIpc) is 1.55. The van der Waals surface area contributed by atoms with Crippen LogP contribution in [0.1, 0.15) is 0 Å². The summed E-state index contributed by atoms with van der Waals surface area (Å²) in [5, 5.41) is 15.8. The molecule has 3 aliphatic rings. The molecule has 0 fully saturated rings. The Labute approximate surface area is 834 Å². The molecule has 0 radical (unpaired) electrons. The molecular weight excluding hydrogens is 1740 g/mol. The molecule has 3 aliphatic carbocycles. The Bertz CT molecular complexity index is 9730. The number of aromatic nitrogens is 3. The van der Waals surface area contributed by atoms with Gasteiger partial charge < -0.3 is 28.4 Å². The predicted molar refractivity (Wildman–Crippen MR) is 609 cm³/mol. The molecule has 0 aliphatic heterocycles. The Kier molecular flexibility index (Phi) is 19.9. The van der Waals surface area contributed by atoms with E-state index in [0.29, 0.717) is 0 Å². The molecule has 3 aromatic heterocycles. The lowest BCUT2D eigenvalue weighted by molar-refractivity contribution is 1.17. The van der Waals surface area contributed by atoms with Crippen LogP contribution in [0, 0.1) is 0 Å². The first kappa shape index (κ1) is 83.1. The van der Waals surface area contributed by atoms with Crippen molar-refractivity contribution in [1.29, 1.82) is 0 Å². The van der Waals surface area contributed by atoms with E-state index in [0.717, 1.165) is 68.2 Å². The third-order valence-corrected chi connectivity index (χ3v) is 29.7. The van der Waals surface area contributed by atoms with Crippen LogP contribution >= 0.6 is 0 Å². The van der Waals surface area contributed by atoms with Crippen molar-refractivity contribution in [2.24, 2.45) is 0 Å². The molecule has 0 spiro atoms. The molecule has 24 aromatic carbocycles. The molecule has 6 heteroatoms. The van der Waals surface area contributed by atoms with E-state index in [1.54, 1.807) is 0 Å². The second-order valence-corrected chi connectivity index (χ2v) is 37.6. The normalized spacial score (nSPS) is 11.8. The lowest BCUT2D eigenvalue weighted by Crippen LogP contribution is -2.10. The molecule has 27 aromatic rings. The molecule has 0 amide bonds. The van der Waals surface area contributed by atoms with E-state index < -0.39 is 0 Å². The maximum absolute atomic E-state index is 2.46. The molecule has 672 valence electrons. The Balaban J connectivity index is 0.000000105. The zero-order valence-corrected chi connectivity index (χ0v) is 78.6. The number of rotatable bonds is 15. The summed E-state index contributed by atoms with van der Waals surface area (Å²) in [5.74, 6) is 0. The Morgan fingerprint density at radius 1 is 0.111 bits per heavy atom. The predicted octanol–water partition coefficient (Wildman–Crippen LogP) is 38.2.